The van der Waals surface area contributed by atoms with Gasteiger partial charge in [-0.05, 0) is 13.8 Å². The number of hydrazine groups is 1. The summed E-state index contributed by atoms with van der Waals surface area (Å²) in [6.45, 7) is 4.57. The number of nitroso groups, excluding NO2 is 2. The highest BCUT2D eigenvalue weighted by Gasteiger charge is 2.16. The number of hydrogen-bond donors (Lipinski definition) is 0. The molecule has 0 heterocycles. The second-order valence-electron chi connectivity index (χ2n) is 1.47. The molecule has 0 aromatic rings. The topological polar surface area (TPSA) is 52.8 Å². The van der Waals surface area contributed by atoms with Crippen LogP contribution >= 0.6 is 0 Å². The lowest BCUT2D eigenvalue weighted by molar-refractivity contribution is -0.713. The lowest BCUT2D eigenvalue weighted by Crippen LogP contribution is -2.29. The standard InChI is InChI=1S/C4H10N3O2/c1-3-6(4-2)7(9)5-8/h3-4H2,1-2H3/q+1. The Kier molecular flexibility index (Phi) is 3.50. The van der Waals surface area contributed by atoms with Gasteiger partial charge in [-0.2, -0.15) is 0 Å². The Morgan fingerprint density at radius 2 is 1.89 bits per heavy atom. The number of rotatable bonds is 4. The summed E-state index contributed by atoms with van der Waals surface area (Å²) < 4.78 is 0. The molecule has 0 saturated heterocycles. The van der Waals surface area contributed by atoms with Crippen molar-refractivity contribution in [3.63, 3.8) is 0 Å². The van der Waals surface area contributed by atoms with Crippen molar-refractivity contribution in [1.82, 2.24) is 5.01 Å². The molecule has 0 rings (SSSR count). The summed E-state index contributed by atoms with van der Waals surface area (Å²) in [5.41, 5.74) is 0. The van der Waals surface area contributed by atoms with Crippen molar-refractivity contribution >= 4 is 0 Å². The molecule has 0 N–H and O–H groups in total. The van der Waals surface area contributed by atoms with Crippen molar-refractivity contribution in [3.8, 4) is 0 Å². The molecule has 9 heavy (non-hydrogen) atoms. The Morgan fingerprint density at radius 3 is 2.00 bits per heavy atom. The third-order valence-electron chi connectivity index (χ3n) is 1.04. The maximum atomic E-state index is 10.3. The summed E-state index contributed by atoms with van der Waals surface area (Å²) in [7, 11) is 0. The van der Waals surface area contributed by atoms with E-state index in [4.69, 9.17) is 0 Å². The quantitative estimate of drug-likeness (QED) is 0.321. The van der Waals surface area contributed by atoms with Crippen molar-refractivity contribution < 1.29 is 4.98 Å². The first-order valence-electron chi connectivity index (χ1n) is 2.81. The largest absolute Gasteiger partial charge is 0.325 e. The van der Waals surface area contributed by atoms with Crippen LogP contribution in [0, 0.1) is 9.81 Å². The first-order chi connectivity index (χ1) is 4.26. The average molecular weight is 132 g/mol. The van der Waals surface area contributed by atoms with Gasteiger partial charge in [0.05, 0.1) is 18.0 Å². The third-order valence-corrected chi connectivity index (χ3v) is 1.04. The lowest BCUT2D eigenvalue weighted by atomic mass is 10.6. The zero-order valence-electron chi connectivity index (χ0n) is 5.57. The maximum absolute atomic E-state index is 10.3. The van der Waals surface area contributed by atoms with Gasteiger partial charge < -0.3 is 0 Å². The van der Waals surface area contributed by atoms with Gasteiger partial charge in [0.1, 0.15) is 0 Å². The molecule has 0 radical (unpaired) electrons. The van der Waals surface area contributed by atoms with E-state index in [9.17, 15) is 9.81 Å². The summed E-state index contributed by atoms with van der Waals surface area (Å²) in [6.07, 6.45) is 0. The Morgan fingerprint density at radius 1 is 1.44 bits per heavy atom. The van der Waals surface area contributed by atoms with Crippen molar-refractivity contribution in [2.24, 2.45) is 5.29 Å². The molecule has 0 saturated carbocycles. The average Bonchev–Trinajstić information content (AvgIpc) is 1.90. The molecule has 0 bridgehead atoms. The van der Waals surface area contributed by atoms with E-state index in [-0.39, 0.29) is 4.98 Å². The molecule has 0 spiro atoms. The van der Waals surface area contributed by atoms with Crippen LogP contribution in [-0.2, 0) is 0 Å². The fourth-order valence-electron chi connectivity index (χ4n) is 0.517. The van der Waals surface area contributed by atoms with Gasteiger partial charge in [-0.3, -0.25) is 0 Å². The zero-order chi connectivity index (χ0) is 7.28. The van der Waals surface area contributed by atoms with E-state index in [0.29, 0.717) is 13.1 Å². The minimum Gasteiger partial charge on any atom is -0.106 e. The van der Waals surface area contributed by atoms with Crippen LogP contribution in [0.4, 0.5) is 0 Å². The summed E-state index contributed by atoms with van der Waals surface area (Å²) in [5, 5.41) is 3.46. The molecule has 0 aliphatic carbocycles. The van der Waals surface area contributed by atoms with Crippen LogP contribution < -0.4 is 0 Å². The summed E-state index contributed by atoms with van der Waals surface area (Å²) in [6, 6.07) is 0. The van der Waals surface area contributed by atoms with E-state index in [2.05, 4.69) is 5.29 Å². The minimum atomic E-state index is 0.0556. The predicted octanol–water partition coefficient (Wildman–Crippen LogP) is 0.703. The van der Waals surface area contributed by atoms with Gasteiger partial charge in [-0.15, -0.1) is 5.01 Å². The number of hydrogen-bond acceptors (Lipinski definition) is 2. The van der Waals surface area contributed by atoms with E-state index < -0.39 is 0 Å². The van der Waals surface area contributed by atoms with Gasteiger partial charge in [-0.25, -0.2) is 0 Å². The Bertz CT molecular complexity index is 110. The molecular weight excluding hydrogens is 122 g/mol. The molecule has 0 amide bonds. The fraction of sp³-hybridized carbons (Fsp3) is 1.00. The van der Waals surface area contributed by atoms with Crippen molar-refractivity contribution in [2.45, 2.75) is 13.8 Å². The van der Waals surface area contributed by atoms with Crippen molar-refractivity contribution in [3.05, 3.63) is 9.81 Å². The number of nitrogens with zero attached hydrogens (tertiary/aromatic N) is 3. The molecule has 0 atom stereocenters. The summed E-state index contributed by atoms with van der Waals surface area (Å²) >= 11 is 0. The van der Waals surface area contributed by atoms with Gasteiger partial charge in [-0.1, -0.05) is 4.91 Å². The van der Waals surface area contributed by atoms with Crippen LogP contribution in [0.3, 0.4) is 0 Å². The minimum absolute atomic E-state index is 0.0556. The van der Waals surface area contributed by atoms with E-state index in [1.54, 1.807) is 13.8 Å². The van der Waals surface area contributed by atoms with E-state index in [0.717, 1.165) is 0 Å². The van der Waals surface area contributed by atoms with Gasteiger partial charge >= 0.3 is 10.3 Å². The predicted molar refractivity (Wildman–Crippen MR) is 32.3 cm³/mol. The van der Waals surface area contributed by atoms with Crippen LogP contribution in [0.15, 0.2) is 5.29 Å². The smallest absolute Gasteiger partial charge is 0.106 e. The van der Waals surface area contributed by atoms with E-state index >= 15 is 0 Å². The van der Waals surface area contributed by atoms with Crippen LogP contribution in [0.1, 0.15) is 13.8 Å². The van der Waals surface area contributed by atoms with Crippen LogP contribution in [-0.4, -0.2) is 23.1 Å². The molecule has 0 aromatic carbocycles. The monoisotopic (exact) mass is 132 g/mol. The van der Waals surface area contributed by atoms with Crippen LogP contribution in [0.5, 0.6) is 0 Å². The third kappa shape index (κ3) is 2.16. The lowest BCUT2D eigenvalue weighted by Gasteiger charge is -2.00. The second-order valence-corrected chi connectivity index (χ2v) is 1.47. The van der Waals surface area contributed by atoms with Gasteiger partial charge in [0.25, 0.3) is 0 Å². The summed E-state index contributed by atoms with van der Waals surface area (Å²) in [5.74, 6) is 0. The second kappa shape index (κ2) is 3.94. The molecular formula is C4H10N3O2+. The van der Waals surface area contributed by atoms with Gasteiger partial charge in [0.2, 0.25) is 0 Å². The Labute approximate surface area is 53.1 Å². The first kappa shape index (κ1) is 8.00. The molecule has 0 aliphatic rings. The first-order valence-corrected chi connectivity index (χ1v) is 2.81. The van der Waals surface area contributed by atoms with Crippen molar-refractivity contribution in [2.75, 3.05) is 13.1 Å². The molecule has 5 heteroatoms. The molecule has 52 valence electrons. The molecule has 5 nitrogen and oxygen atoms in total. The normalized spacial score (nSPS) is 8.67. The molecule has 0 aliphatic heterocycles. The van der Waals surface area contributed by atoms with E-state index in [1.807, 2.05) is 0 Å². The zero-order valence-corrected chi connectivity index (χ0v) is 5.57. The van der Waals surface area contributed by atoms with Crippen molar-refractivity contribution in [1.29, 1.82) is 0 Å². The highest BCUT2D eigenvalue weighted by Crippen LogP contribution is 1.86. The Balaban J connectivity index is 3.78. The van der Waals surface area contributed by atoms with E-state index in [1.165, 1.54) is 5.01 Å². The van der Waals surface area contributed by atoms with Gasteiger partial charge in [0.15, 0.2) is 0 Å². The molecule has 0 fully saturated rings. The summed E-state index contributed by atoms with van der Waals surface area (Å²) in [4.78, 5) is 20.0. The Hall–Kier alpha value is -1.00. The SMILES string of the molecule is CCN(CC)[N+](=O)N=O. The van der Waals surface area contributed by atoms with Crippen LogP contribution in [0.25, 0.3) is 0 Å². The highest BCUT2D eigenvalue weighted by atomic mass is 16.4. The maximum Gasteiger partial charge on any atom is 0.325 e. The highest BCUT2D eigenvalue weighted by molar-refractivity contribution is 4.28. The molecule has 0 aromatic heterocycles. The fourth-order valence-corrected chi connectivity index (χ4v) is 0.517. The van der Waals surface area contributed by atoms with Gasteiger partial charge in [0, 0.05) is 0 Å². The molecule has 0 unspecified atom stereocenters. The van der Waals surface area contributed by atoms with Crippen LogP contribution in [0.2, 0.25) is 0 Å².